The molecule has 5 nitrogen and oxygen atoms in total. The number of carbonyl (C=O) groups excluding carboxylic acids is 2. The van der Waals surface area contributed by atoms with Crippen molar-refractivity contribution in [2.75, 3.05) is 11.4 Å². The second-order valence-corrected chi connectivity index (χ2v) is 5.44. The number of hydrogen-bond donors (Lipinski definition) is 1. The first-order valence-electron chi connectivity index (χ1n) is 7.36. The summed E-state index contributed by atoms with van der Waals surface area (Å²) in [6.45, 7) is 0.551. The number of rotatable bonds is 4. The molecule has 0 unspecified atom stereocenters. The highest BCUT2D eigenvalue weighted by Crippen LogP contribution is 2.27. The number of carbonyl (C=O) groups is 2. The van der Waals surface area contributed by atoms with Crippen LogP contribution in [0.4, 0.5) is 10.1 Å². The maximum Gasteiger partial charge on any atom is 0.227 e. The summed E-state index contributed by atoms with van der Waals surface area (Å²) >= 11 is 0. The van der Waals surface area contributed by atoms with Gasteiger partial charge in [0.15, 0.2) is 0 Å². The van der Waals surface area contributed by atoms with Gasteiger partial charge in [0.1, 0.15) is 5.82 Å². The van der Waals surface area contributed by atoms with E-state index in [-0.39, 0.29) is 30.5 Å². The van der Waals surface area contributed by atoms with Crippen LogP contribution in [0.15, 0.2) is 48.8 Å². The summed E-state index contributed by atoms with van der Waals surface area (Å²) in [4.78, 5) is 29.6. The first-order valence-corrected chi connectivity index (χ1v) is 7.36. The molecule has 0 saturated carbocycles. The quantitative estimate of drug-likeness (QED) is 0.937. The van der Waals surface area contributed by atoms with Crippen LogP contribution >= 0.6 is 0 Å². The third-order valence-corrected chi connectivity index (χ3v) is 3.83. The van der Waals surface area contributed by atoms with Crippen LogP contribution in [0.25, 0.3) is 0 Å². The third-order valence-electron chi connectivity index (χ3n) is 3.83. The lowest BCUT2D eigenvalue weighted by molar-refractivity contribution is -0.126. The van der Waals surface area contributed by atoms with Gasteiger partial charge in [0.2, 0.25) is 11.8 Å². The van der Waals surface area contributed by atoms with Crippen LogP contribution in [0.1, 0.15) is 12.0 Å². The Hall–Kier alpha value is -2.76. The Bertz CT molecular complexity index is 721. The Balaban J connectivity index is 1.63. The van der Waals surface area contributed by atoms with Crippen LogP contribution in [0, 0.1) is 11.7 Å². The molecule has 0 spiro atoms. The van der Waals surface area contributed by atoms with Gasteiger partial charge in [-0.15, -0.1) is 0 Å². The van der Waals surface area contributed by atoms with E-state index in [2.05, 4.69) is 10.3 Å². The van der Waals surface area contributed by atoms with E-state index in [9.17, 15) is 14.0 Å². The van der Waals surface area contributed by atoms with Crippen molar-refractivity contribution in [2.24, 2.45) is 5.92 Å². The Morgan fingerprint density at radius 1 is 1.30 bits per heavy atom. The number of benzene rings is 1. The van der Waals surface area contributed by atoms with Crippen LogP contribution in [0.2, 0.25) is 0 Å². The molecule has 1 fully saturated rings. The van der Waals surface area contributed by atoms with Crippen molar-refractivity contribution < 1.29 is 14.0 Å². The number of amides is 2. The monoisotopic (exact) mass is 313 g/mol. The second-order valence-electron chi connectivity index (χ2n) is 5.44. The molecule has 1 aromatic heterocycles. The highest BCUT2D eigenvalue weighted by molar-refractivity contribution is 6.00. The van der Waals surface area contributed by atoms with Crippen molar-refractivity contribution in [2.45, 2.75) is 13.0 Å². The number of nitrogens with zero attached hydrogens (tertiary/aromatic N) is 2. The number of aromatic nitrogens is 1. The van der Waals surface area contributed by atoms with Crippen molar-refractivity contribution in [3.8, 4) is 0 Å². The normalized spacial score (nSPS) is 17.3. The maximum absolute atomic E-state index is 13.8. The molecule has 2 heterocycles. The minimum Gasteiger partial charge on any atom is -0.352 e. The summed E-state index contributed by atoms with van der Waals surface area (Å²) < 4.78 is 13.8. The fourth-order valence-corrected chi connectivity index (χ4v) is 2.62. The molecule has 0 bridgehead atoms. The van der Waals surface area contributed by atoms with Gasteiger partial charge in [-0.3, -0.25) is 14.6 Å². The van der Waals surface area contributed by atoms with Crippen LogP contribution in [0.3, 0.4) is 0 Å². The average Bonchev–Trinajstić information content (AvgIpc) is 2.96. The van der Waals surface area contributed by atoms with Crippen LogP contribution in [-0.2, 0) is 16.1 Å². The fourth-order valence-electron chi connectivity index (χ4n) is 2.62. The first-order chi connectivity index (χ1) is 11.1. The van der Waals surface area contributed by atoms with Gasteiger partial charge in [0.05, 0.1) is 11.6 Å². The van der Waals surface area contributed by atoms with Crippen molar-refractivity contribution in [3.05, 3.63) is 60.2 Å². The minimum atomic E-state index is -0.473. The molecule has 1 N–H and O–H groups in total. The molecule has 1 aliphatic rings. The summed E-state index contributed by atoms with van der Waals surface area (Å²) in [5.41, 5.74) is 1.11. The molecule has 0 aliphatic carbocycles. The van der Waals surface area contributed by atoms with E-state index >= 15 is 0 Å². The highest BCUT2D eigenvalue weighted by Gasteiger charge is 2.35. The van der Waals surface area contributed by atoms with E-state index in [1.54, 1.807) is 36.7 Å². The standard InChI is InChI=1S/C17H16FN3O2/c18-14-5-1-2-6-15(14)21-11-13(8-16(21)22)17(23)20-10-12-4-3-7-19-9-12/h1-7,9,13H,8,10-11H2,(H,20,23)/t13-/m0/s1. The lowest BCUT2D eigenvalue weighted by Crippen LogP contribution is -2.32. The summed E-state index contributed by atoms with van der Waals surface area (Å²) in [7, 11) is 0. The summed E-state index contributed by atoms with van der Waals surface area (Å²) in [6.07, 6.45) is 3.42. The smallest absolute Gasteiger partial charge is 0.227 e. The largest absolute Gasteiger partial charge is 0.352 e. The lowest BCUT2D eigenvalue weighted by atomic mass is 10.1. The van der Waals surface area contributed by atoms with Gasteiger partial charge in [-0.05, 0) is 23.8 Å². The molecule has 6 heteroatoms. The minimum absolute atomic E-state index is 0.0905. The van der Waals surface area contributed by atoms with E-state index in [1.165, 1.54) is 11.0 Å². The molecule has 23 heavy (non-hydrogen) atoms. The second kappa shape index (κ2) is 6.56. The fraction of sp³-hybridized carbons (Fsp3) is 0.235. The van der Waals surface area contributed by atoms with Gasteiger partial charge in [0, 0.05) is 31.9 Å². The predicted octanol–water partition coefficient (Wildman–Crippen LogP) is 1.89. The lowest BCUT2D eigenvalue weighted by Gasteiger charge is -2.17. The number of halogens is 1. The van der Waals surface area contributed by atoms with Crippen molar-refractivity contribution >= 4 is 17.5 Å². The van der Waals surface area contributed by atoms with Crippen LogP contribution in [-0.4, -0.2) is 23.3 Å². The summed E-state index contributed by atoms with van der Waals surface area (Å²) in [6, 6.07) is 9.74. The number of pyridine rings is 1. The molecule has 1 aliphatic heterocycles. The molecule has 2 amide bonds. The number of para-hydroxylation sites is 1. The number of nitrogens with one attached hydrogen (secondary N) is 1. The van der Waals surface area contributed by atoms with Crippen LogP contribution < -0.4 is 10.2 Å². The molecule has 1 aromatic carbocycles. The molecule has 3 rings (SSSR count). The van der Waals surface area contributed by atoms with E-state index in [0.717, 1.165) is 5.56 Å². The van der Waals surface area contributed by atoms with Crippen LogP contribution in [0.5, 0.6) is 0 Å². The maximum atomic E-state index is 13.8. The molecule has 118 valence electrons. The van der Waals surface area contributed by atoms with Gasteiger partial charge in [-0.2, -0.15) is 0 Å². The zero-order chi connectivity index (χ0) is 16.2. The molecular weight excluding hydrogens is 297 g/mol. The molecule has 0 radical (unpaired) electrons. The van der Waals surface area contributed by atoms with Gasteiger partial charge < -0.3 is 10.2 Å². The Labute approximate surface area is 133 Å². The third kappa shape index (κ3) is 3.36. The molecule has 2 aromatic rings. The number of anilines is 1. The summed E-state index contributed by atoms with van der Waals surface area (Å²) in [5, 5.41) is 2.80. The molecular formula is C17H16FN3O2. The number of hydrogen-bond acceptors (Lipinski definition) is 3. The van der Waals surface area contributed by atoms with Gasteiger partial charge in [-0.25, -0.2) is 4.39 Å². The molecule has 1 atom stereocenters. The van der Waals surface area contributed by atoms with E-state index < -0.39 is 11.7 Å². The predicted molar refractivity (Wildman–Crippen MR) is 82.9 cm³/mol. The van der Waals surface area contributed by atoms with Gasteiger partial charge in [-0.1, -0.05) is 18.2 Å². The Morgan fingerprint density at radius 3 is 2.87 bits per heavy atom. The SMILES string of the molecule is O=C(NCc1cccnc1)[C@H]1CC(=O)N(c2ccccc2F)C1. The van der Waals surface area contributed by atoms with E-state index in [0.29, 0.717) is 6.54 Å². The van der Waals surface area contributed by atoms with Gasteiger partial charge >= 0.3 is 0 Å². The zero-order valence-corrected chi connectivity index (χ0v) is 12.4. The van der Waals surface area contributed by atoms with Crippen molar-refractivity contribution in [1.29, 1.82) is 0 Å². The Kier molecular flexibility index (Phi) is 4.32. The van der Waals surface area contributed by atoms with E-state index in [1.807, 2.05) is 6.07 Å². The van der Waals surface area contributed by atoms with Crippen molar-refractivity contribution in [1.82, 2.24) is 10.3 Å². The van der Waals surface area contributed by atoms with Gasteiger partial charge in [0.25, 0.3) is 0 Å². The average molecular weight is 313 g/mol. The highest BCUT2D eigenvalue weighted by atomic mass is 19.1. The zero-order valence-electron chi connectivity index (χ0n) is 12.4. The first kappa shape index (κ1) is 15.1. The topological polar surface area (TPSA) is 62.3 Å². The Morgan fingerprint density at radius 2 is 2.13 bits per heavy atom. The summed E-state index contributed by atoms with van der Waals surface area (Å²) in [5.74, 6) is -1.38. The molecule has 1 saturated heterocycles. The van der Waals surface area contributed by atoms with E-state index in [4.69, 9.17) is 0 Å². The van der Waals surface area contributed by atoms with Crippen molar-refractivity contribution in [3.63, 3.8) is 0 Å².